The van der Waals surface area contributed by atoms with Gasteiger partial charge in [-0.15, -0.1) is 0 Å². The smallest absolute Gasteiger partial charge is 0.307 e. The van der Waals surface area contributed by atoms with E-state index < -0.39 is 0 Å². The van der Waals surface area contributed by atoms with Gasteiger partial charge in [0.1, 0.15) is 22.2 Å². The van der Waals surface area contributed by atoms with Gasteiger partial charge in [0.05, 0.1) is 23.3 Å². The molecule has 10 rings (SSSR count). The van der Waals surface area contributed by atoms with Crippen molar-refractivity contribution in [3.05, 3.63) is 146 Å². The van der Waals surface area contributed by atoms with Gasteiger partial charge in [0.15, 0.2) is 11.2 Å². The lowest BCUT2D eigenvalue weighted by Crippen LogP contribution is -2.17. The Kier molecular flexibility index (Phi) is 6.14. The summed E-state index contributed by atoms with van der Waals surface area (Å²) in [7, 11) is 0. The monoisotopic (exact) mass is 637 g/mol. The molecule has 0 saturated heterocycles. The third-order valence-electron chi connectivity index (χ3n) is 9.04. The van der Waals surface area contributed by atoms with Gasteiger partial charge in [-0.25, -0.2) is 0 Å². The summed E-state index contributed by atoms with van der Waals surface area (Å²) in [6.07, 6.45) is 11.8. The molecule has 0 spiro atoms. The van der Waals surface area contributed by atoms with Gasteiger partial charge in [-0.2, -0.15) is 9.97 Å². The number of furan rings is 1. The van der Waals surface area contributed by atoms with E-state index in [-0.39, 0.29) is 0 Å². The molecule has 0 N–H and O–H groups in total. The van der Waals surface area contributed by atoms with E-state index in [0.29, 0.717) is 12.0 Å². The number of oxazole rings is 2. The number of nitrogens with zero attached hydrogens (tertiary/aromatic N) is 5. The number of anilines is 5. The molecule has 0 fully saturated rings. The topological polar surface area (TPSA) is 84.6 Å². The Labute approximate surface area is 279 Å². The van der Waals surface area contributed by atoms with Crippen LogP contribution in [0.25, 0.3) is 54.9 Å². The summed E-state index contributed by atoms with van der Waals surface area (Å²) in [6, 6.07) is 37.5. The second kappa shape index (κ2) is 11.0. The second-order valence-electron chi connectivity index (χ2n) is 12.1. The maximum atomic E-state index is 6.58. The van der Waals surface area contributed by atoms with Crippen LogP contribution >= 0.6 is 0 Å². The van der Waals surface area contributed by atoms with Crippen molar-refractivity contribution in [1.82, 2.24) is 15.0 Å². The summed E-state index contributed by atoms with van der Waals surface area (Å²) < 4.78 is 19.1. The number of aromatic nitrogens is 3. The van der Waals surface area contributed by atoms with Gasteiger partial charge in [0.25, 0.3) is 0 Å². The summed E-state index contributed by atoms with van der Waals surface area (Å²) in [5, 5.41) is 4.22. The summed E-state index contributed by atoms with van der Waals surface area (Å²) in [6.45, 7) is 0. The van der Waals surface area contributed by atoms with E-state index in [0.717, 1.165) is 90.5 Å². The van der Waals surface area contributed by atoms with Crippen molar-refractivity contribution in [3.8, 4) is 0 Å². The van der Waals surface area contributed by atoms with Crippen LogP contribution in [-0.4, -0.2) is 15.0 Å². The molecule has 0 atom stereocenters. The Hall–Kier alpha value is -6.67. The van der Waals surface area contributed by atoms with Gasteiger partial charge in [-0.3, -0.25) is 14.8 Å². The van der Waals surface area contributed by atoms with E-state index in [4.69, 9.17) is 23.2 Å². The molecule has 4 heterocycles. The molecule has 1 aliphatic rings. The van der Waals surface area contributed by atoms with E-state index in [1.54, 1.807) is 6.20 Å². The molecule has 4 aromatic heterocycles. The molecule has 234 valence electrons. The lowest BCUT2D eigenvalue weighted by atomic mass is 10.0. The van der Waals surface area contributed by atoms with Crippen molar-refractivity contribution in [2.24, 2.45) is 0 Å². The summed E-state index contributed by atoms with van der Waals surface area (Å²) >= 11 is 0. The molecule has 0 saturated carbocycles. The van der Waals surface area contributed by atoms with Crippen LogP contribution in [0.3, 0.4) is 0 Å². The first-order valence-electron chi connectivity index (χ1n) is 16.2. The van der Waals surface area contributed by atoms with Crippen LogP contribution in [0.15, 0.2) is 159 Å². The van der Waals surface area contributed by atoms with Crippen LogP contribution in [0.5, 0.6) is 0 Å². The molecule has 0 aliphatic heterocycles. The molecule has 0 amide bonds. The quantitative estimate of drug-likeness (QED) is 0.178. The predicted molar refractivity (Wildman–Crippen MR) is 194 cm³/mol. The summed E-state index contributed by atoms with van der Waals surface area (Å²) in [4.78, 5) is 18.1. The molecule has 1 aliphatic carbocycles. The van der Waals surface area contributed by atoms with Crippen molar-refractivity contribution in [2.45, 2.75) is 12.8 Å². The Morgan fingerprint density at radius 2 is 1.29 bits per heavy atom. The summed E-state index contributed by atoms with van der Waals surface area (Å²) in [5.74, 6) is 0. The number of hydrogen-bond acceptors (Lipinski definition) is 8. The largest absolute Gasteiger partial charge is 0.456 e. The molecule has 8 nitrogen and oxygen atoms in total. The minimum absolute atomic E-state index is 0.470. The molecule has 0 unspecified atom stereocenters. The lowest BCUT2D eigenvalue weighted by Gasteiger charge is -2.24. The Morgan fingerprint density at radius 3 is 2.02 bits per heavy atom. The highest BCUT2D eigenvalue weighted by molar-refractivity contribution is 6.11. The zero-order chi connectivity index (χ0) is 32.3. The van der Waals surface area contributed by atoms with Gasteiger partial charge in [0, 0.05) is 28.7 Å². The molecule has 49 heavy (non-hydrogen) atoms. The van der Waals surface area contributed by atoms with Gasteiger partial charge < -0.3 is 13.3 Å². The highest BCUT2D eigenvalue weighted by atomic mass is 16.4. The molecule has 5 aromatic carbocycles. The first-order valence-corrected chi connectivity index (χ1v) is 16.2. The van der Waals surface area contributed by atoms with Crippen molar-refractivity contribution in [1.29, 1.82) is 0 Å². The van der Waals surface area contributed by atoms with Crippen LogP contribution < -0.4 is 9.80 Å². The predicted octanol–water partition coefficient (Wildman–Crippen LogP) is 11.3. The van der Waals surface area contributed by atoms with E-state index in [2.05, 4.69) is 76.6 Å². The molecule has 0 bridgehead atoms. The third-order valence-corrected chi connectivity index (χ3v) is 9.04. The Bertz CT molecular complexity index is 2690. The zero-order valence-corrected chi connectivity index (χ0v) is 26.2. The maximum Gasteiger partial charge on any atom is 0.307 e. The van der Waals surface area contributed by atoms with Crippen molar-refractivity contribution < 1.29 is 13.3 Å². The average Bonchev–Trinajstić information content (AvgIpc) is 3.86. The number of hydrogen-bond donors (Lipinski definition) is 0. The normalized spacial score (nSPS) is 13.2. The van der Waals surface area contributed by atoms with Crippen LogP contribution in [-0.2, 0) is 0 Å². The molecular formula is C41H27N5O3. The molecule has 0 radical (unpaired) electrons. The van der Waals surface area contributed by atoms with Crippen LogP contribution in [0.1, 0.15) is 12.8 Å². The number of benzene rings is 5. The van der Waals surface area contributed by atoms with E-state index in [9.17, 15) is 0 Å². The molecule has 8 heteroatoms. The number of rotatable bonds is 6. The fourth-order valence-corrected chi connectivity index (χ4v) is 6.72. The minimum atomic E-state index is 0.470. The Morgan fingerprint density at radius 1 is 0.551 bits per heavy atom. The SMILES string of the molecule is C1=CCCC(N(c2ccc3c(c2)oc2cc4cc(N(c5cccnc5)c5nc6ccccc6o5)ccc4cc23)c2nc3ccccc3o2)=C1. The minimum Gasteiger partial charge on any atom is -0.456 e. The first-order chi connectivity index (χ1) is 24.2. The first kappa shape index (κ1) is 27.4. The second-order valence-corrected chi connectivity index (χ2v) is 12.1. The Balaban J connectivity index is 1.09. The fraction of sp³-hybridized carbons (Fsp3) is 0.0488. The van der Waals surface area contributed by atoms with Crippen molar-refractivity contribution in [3.63, 3.8) is 0 Å². The zero-order valence-electron chi connectivity index (χ0n) is 26.2. The van der Waals surface area contributed by atoms with Gasteiger partial charge in [-0.1, -0.05) is 42.5 Å². The van der Waals surface area contributed by atoms with Gasteiger partial charge in [0.2, 0.25) is 0 Å². The lowest BCUT2D eigenvalue weighted by molar-refractivity contribution is 0.600. The number of allylic oxidation sites excluding steroid dienone is 4. The molecule has 9 aromatic rings. The van der Waals surface area contributed by atoms with Crippen LogP contribution in [0.2, 0.25) is 0 Å². The van der Waals surface area contributed by atoms with Crippen molar-refractivity contribution in [2.75, 3.05) is 9.80 Å². The van der Waals surface area contributed by atoms with Crippen LogP contribution in [0.4, 0.5) is 29.1 Å². The average molecular weight is 638 g/mol. The van der Waals surface area contributed by atoms with E-state index in [1.807, 2.05) is 71.8 Å². The number of pyridine rings is 1. The highest BCUT2D eigenvalue weighted by Crippen LogP contribution is 2.41. The van der Waals surface area contributed by atoms with Crippen molar-refractivity contribution >= 4 is 84.0 Å². The maximum absolute atomic E-state index is 6.58. The van der Waals surface area contributed by atoms with Gasteiger partial charge in [-0.05, 0) is 102 Å². The molecular weight excluding hydrogens is 610 g/mol. The number of para-hydroxylation sites is 4. The standard InChI is InChI=1S/C41H27N5O3/c1-2-9-28(10-3-1)45(40-43-34-12-4-6-14-36(34)48-40)30-18-19-32-33-22-26-16-17-29(21-27(26)23-38(33)47-39(32)24-30)46(31-11-8-20-42-25-31)41-44-35-13-5-7-15-37(35)49-41/h1-2,4-9,11-25H,3,10H2. The third kappa shape index (κ3) is 4.64. The van der Waals surface area contributed by atoms with Crippen LogP contribution in [0, 0.1) is 0 Å². The van der Waals surface area contributed by atoms with Gasteiger partial charge >= 0.3 is 12.0 Å². The highest BCUT2D eigenvalue weighted by Gasteiger charge is 2.23. The summed E-state index contributed by atoms with van der Waals surface area (Å²) in [5.41, 5.74) is 8.47. The fourth-order valence-electron chi connectivity index (χ4n) is 6.72. The van der Waals surface area contributed by atoms with E-state index in [1.165, 1.54) is 0 Å². The van der Waals surface area contributed by atoms with E-state index >= 15 is 0 Å². The number of fused-ring (bicyclic) bond motifs is 6.